The number of piperidine rings is 1. The van der Waals surface area contributed by atoms with E-state index in [4.69, 9.17) is 16.3 Å². The third-order valence-electron chi connectivity index (χ3n) is 3.54. The van der Waals surface area contributed by atoms with Gasteiger partial charge in [0.1, 0.15) is 6.61 Å². The Labute approximate surface area is 129 Å². The van der Waals surface area contributed by atoms with Crippen LogP contribution in [0.15, 0.2) is 16.6 Å². The van der Waals surface area contributed by atoms with Crippen LogP contribution in [0.3, 0.4) is 0 Å². The number of hydrogen-bond acceptors (Lipinski definition) is 2. The maximum Gasteiger partial charge on any atom is 0.152 e. The van der Waals surface area contributed by atoms with Gasteiger partial charge in [0.25, 0.3) is 0 Å². The molecule has 106 valence electrons. The molecule has 19 heavy (non-hydrogen) atoms. The molecule has 1 atom stereocenters. The molecule has 4 heteroatoms. The molecule has 2 nitrogen and oxygen atoms in total. The van der Waals surface area contributed by atoms with Crippen molar-refractivity contribution >= 4 is 27.5 Å². The van der Waals surface area contributed by atoms with E-state index in [0.29, 0.717) is 11.6 Å². The van der Waals surface area contributed by atoms with Crippen molar-refractivity contribution in [1.29, 1.82) is 0 Å². The van der Waals surface area contributed by atoms with Crippen molar-refractivity contribution in [3.63, 3.8) is 0 Å². The first-order valence-electron chi connectivity index (χ1n) is 6.87. The lowest BCUT2D eigenvalue weighted by molar-refractivity contribution is 0.153. The van der Waals surface area contributed by atoms with Gasteiger partial charge in [-0.1, -0.05) is 18.5 Å². The zero-order valence-electron chi connectivity index (χ0n) is 11.6. The molecule has 0 aliphatic carbocycles. The molecule has 1 aliphatic heterocycles. The minimum Gasteiger partial charge on any atom is -0.490 e. The van der Waals surface area contributed by atoms with Gasteiger partial charge in [-0.25, -0.2) is 0 Å². The minimum absolute atomic E-state index is 0.680. The maximum absolute atomic E-state index is 6.21. The highest BCUT2D eigenvalue weighted by Gasteiger charge is 2.16. The van der Waals surface area contributed by atoms with Crippen LogP contribution in [0.1, 0.15) is 25.3 Å². The Bertz CT molecular complexity index is 415. The lowest BCUT2D eigenvalue weighted by Gasteiger charge is -2.30. The standard InChI is InChI=1S/C15H21BrClNO/c1-11-4-3-5-18(10-11)6-7-19-15-13(16)8-12(2)9-14(15)17/h8-9,11H,3-7,10H2,1-2H3. The first-order valence-corrected chi connectivity index (χ1v) is 8.04. The van der Waals surface area contributed by atoms with E-state index < -0.39 is 0 Å². The first-order chi connectivity index (χ1) is 9.06. The highest BCUT2D eigenvalue weighted by atomic mass is 79.9. The summed E-state index contributed by atoms with van der Waals surface area (Å²) in [6.07, 6.45) is 2.66. The molecule has 1 aliphatic rings. The van der Waals surface area contributed by atoms with Crippen molar-refractivity contribution in [2.24, 2.45) is 5.92 Å². The lowest BCUT2D eigenvalue weighted by atomic mass is 10.0. The molecule has 0 N–H and O–H groups in total. The van der Waals surface area contributed by atoms with Crippen molar-refractivity contribution in [2.75, 3.05) is 26.2 Å². The van der Waals surface area contributed by atoms with Crippen molar-refractivity contribution in [1.82, 2.24) is 4.90 Å². The summed E-state index contributed by atoms with van der Waals surface area (Å²) in [6, 6.07) is 3.97. The molecule has 0 radical (unpaired) electrons. The zero-order valence-corrected chi connectivity index (χ0v) is 13.9. The monoisotopic (exact) mass is 345 g/mol. The van der Waals surface area contributed by atoms with Crippen LogP contribution < -0.4 is 4.74 Å². The molecule has 0 aromatic heterocycles. The van der Waals surface area contributed by atoms with Gasteiger partial charge in [-0.05, 0) is 65.9 Å². The summed E-state index contributed by atoms with van der Waals surface area (Å²) in [6.45, 7) is 8.38. The fraction of sp³-hybridized carbons (Fsp3) is 0.600. The molecule has 0 bridgehead atoms. The van der Waals surface area contributed by atoms with Gasteiger partial charge in [-0.3, -0.25) is 4.90 Å². The number of rotatable bonds is 4. The van der Waals surface area contributed by atoms with Gasteiger partial charge >= 0.3 is 0 Å². The third kappa shape index (κ3) is 4.37. The molecule has 1 heterocycles. The van der Waals surface area contributed by atoms with E-state index in [2.05, 4.69) is 27.8 Å². The highest BCUT2D eigenvalue weighted by molar-refractivity contribution is 9.10. The Morgan fingerprint density at radius 2 is 2.26 bits per heavy atom. The largest absolute Gasteiger partial charge is 0.490 e. The molecule has 1 unspecified atom stereocenters. The number of benzene rings is 1. The predicted octanol–water partition coefficient (Wildman–Crippen LogP) is 4.52. The van der Waals surface area contributed by atoms with Crippen LogP contribution in [0.25, 0.3) is 0 Å². The van der Waals surface area contributed by atoms with Crippen molar-refractivity contribution in [3.8, 4) is 5.75 Å². The summed E-state index contributed by atoms with van der Waals surface area (Å²) in [5.41, 5.74) is 1.13. The summed E-state index contributed by atoms with van der Waals surface area (Å²) in [7, 11) is 0. The fourth-order valence-electron chi connectivity index (χ4n) is 2.59. The number of hydrogen-bond donors (Lipinski definition) is 0. The second kappa shape index (κ2) is 6.96. The van der Waals surface area contributed by atoms with Crippen LogP contribution in [-0.4, -0.2) is 31.1 Å². The van der Waals surface area contributed by atoms with Crippen molar-refractivity contribution < 1.29 is 4.74 Å². The van der Waals surface area contributed by atoms with E-state index in [9.17, 15) is 0 Å². The van der Waals surface area contributed by atoms with Crippen molar-refractivity contribution in [2.45, 2.75) is 26.7 Å². The average molecular weight is 347 g/mol. The lowest BCUT2D eigenvalue weighted by Crippen LogP contribution is -2.37. The Morgan fingerprint density at radius 1 is 1.47 bits per heavy atom. The third-order valence-corrected chi connectivity index (χ3v) is 4.41. The molecule has 0 saturated carbocycles. The Balaban J connectivity index is 1.85. The first kappa shape index (κ1) is 15.1. The van der Waals surface area contributed by atoms with E-state index in [1.165, 1.54) is 25.9 Å². The number of halogens is 2. The van der Waals surface area contributed by atoms with E-state index in [1.807, 2.05) is 19.1 Å². The van der Waals surface area contributed by atoms with Gasteiger partial charge in [0, 0.05) is 13.1 Å². The second-order valence-electron chi connectivity index (χ2n) is 5.45. The van der Waals surface area contributed by atoms with Crippen LogP contribution in [0.2, 0.25) is 5.02 Å². The predicted molar refractivity (Wildman–Crippen MR) is 84.2 cm³/mol. The summed E-state index contributed by atoms with van der Waals surface area (Å²) in [4.78, 5) is 2.48. The zero-order chi connectivity index (χ0) is 13.8. The SMILES string of the molecule is Cc1cc(Cl)c(OCCN2CCCC(C)C2)c(Br)c1. The van der Waals surface area contributed by atoms with E-state index in [1.54, 1.807) is 0 Å². The van der Waals surface area contributed by atoms with Gasteiger partial charge in [0.05, 0.1) is 9.50 Å². The molecule has 1 aromatic carbocycles. The molecule has 0 spiro atoms. The molecule has 2 rings (SSSR count). The van der Waals surface area contributed by atoms with Gasteiger partial charge in [0.15, 0.2) is 5.75 Å². The van der Waals surface area contributed by atoms with Gasteiger partial charge in [0.2, 0.25) is 0 Å². The normalized spacial score (nSPS) is 20.5. The van der Waals surface area contributed by atoms with E-state index in [-0.39, 0.29) is 0 Å². The van der Waals surface area contributed by atoms with E-state index in [0.717, 1.165) is 28.2 Å². The minimum atomic E-state index is 0.680. The average Bonchev–Trinajstić information content (AvgIpc) is 2.32. The second-order valence-corrected chi connectivity index (χ2v) is 6.72. The quantitative estimate of drug-likeness (QED) is 0.794. The van der Waals surface area contributed by atoms with Crippen LogP contribution in [0.5, 0.6) is 5.75 Å². The van der Waals surface area contributed by atoms with Crippen LogP contribution >= 0.6 is 27.5 Å². The van der Waals surface area contributed by atoms with Gasteiger partial charge in [-0.2, -0.15) is 0 Å². The van der Waals surface area contributed by atoms with Crippen LogP contribution in [-0.2, 0) is 0 Å². The molecule has 0 amide bonds. The fourth-order valence-corrected chi connectivity index (χ4v) is 3.72. The molecule has 1 saturated heterocycles. The molecule has 1 aromatic rings. The van der Waals surface area contributed by atoms with Gasteiger partial charge < -0.3 is 4.74 Å². The summed E-state index contributed by atoms with van der Waals surface area (Å²) >= 11 is 9.72. The number of nitrogens with zero attached hydrogens (tertiary/aromatic N) is 1. The highest BCUT2D eigenvalue weighted by Crippen LogP contribution is 2.34. The number of ether oxygens (including phenoxy) is 1. The smallest absolute Gasteiger partial charge is 0.152 e. The van der Waals surface area contributed by atoms with Crippen molar-refractivity contribution in [3.05, 3.63) is 27.2 Å². The number of likely N-dealkylation sites (tertiary alicyclic amines) is 1. The summed E-state index contributed by atoms with van der Waals surface area (Å²) in [5, 5.41) is 0.680. The molecular formula is C15H21BrClNO. The molecule has 1 fully saturated rings. The summed E-state index contributed by atoms with van der Waals surface area (Å²) in [5.74, 6) is 1.57. The van der Waals surface area contributed by atoms with Crippen LogP contribution in [0.4, 0.5) is 0 Å². The Hall–Kier alpha value is -0.250. The van der Waals surface area contributed by atoms with Crippen LogP contribution in [0, 0.1) is 12.8 Å². The molecular weight excluding hydrogens is 326 g/mol. The number of aryl methyl sites for hydroxylation is 1. The summed E-state index contributed by atoms with van der Waals surface area (Å²) < 4.78 is 6.77. The topological polar surface area (TPSA) is 12.5 Å². The maximum atomic E-state index is 6.21. The van der Waals surface area contributed by atoms with Gasteiger partial charge in [-0.15, -0.1) is 0 Å². The van der Waals surface area contributed by atoms with E-state index >= 15 is 0 Å². The Kier molecular flexibility index (Phi) is 5.55. The Morgan fingerprint density at radius 3 is 2.95 bits per heavy atom.